The molecule has 2 saturated heterocycles. The molecular weight excluding hydrogens is 513 g/mol. The average molecular weight is 542 g/mol. The molecule has 2 aliphatic heterocycles. The van der Waals surface area contributed by atoms with E-state index in [1.807, 2.05) is 12.4 Å². The van der Waals surface area contributed by atoms with E-state index in [4.69, 9.17) is 4.74 Å². The lowest BCUT2D eigenvalue weighted by atomic mass is 10.0. The van der Waals surface area contributed by atoms with Crippen LogP contribution in [0, 0.1) is 17.1 Å². The zero-order valence-corrected chi connectivity index (χ0v) is 22.1. The van der Waals surface area contributed by atoms with Crippen molar-refractivity contribution in [3.63, 3.8) is 0 Å². The van der Waals surface area contributed by atoms with Crippen LogP contribution in [0.3, 0.4) is 0 Å². The molecule has 0 aliphatic carbocycles. The van der Waals surface area contributed by atoms with Crippen molar-refractivity contribution in [1.29, 1.82) is 5.26 Å². The monoisotopic (exact) mass is 541 g/mol. The number of ether oxygens (including phenoxy) is 1. The van der Waals surface area contributed by atoms with E-state index in [9.17, 15) is 10.1 Å². The van der Waals surface area contributed by atoms with Gasteiger partial charge < -0.3 is 14.5 Å². The Balaban J connectivity index is 1.19. The highest BCUT2D eigenvalue weighted by molar-refractivity contribution is 5.69. The van der Waals surface area contributed by atoms with Crippen molar-refractivity contribution in [1.82, 2.24) is 29.3 Å². The first-order valence-corrected chi connectivity index (χ1v) is 13.3. The molecule has 3 aromatic heterocycles. The van der Waals surface area contributed by atoms with E-state index >= 15 is 4.39 Å². The predicted octanol–water partition coefficient (Wildman–Crippen LogP) is 2.75. The van der Waals surface area contributed by atoms with Crippen molar-refractivity contribution >= 4 is 11.8 Å². The van der Waals surface area contributed by atoms with Crippen molar-refractivity contribution < 1.29 is 9.13 Å². The lowest BCUT2D eigenvalue weighted by Gasteiger charge is -2.35. The van der Waals surface area contributed by atoms with E-state index in [2.05, 4.69) is 42.8 Å². The molecule has 0 saturated carbocycles. The Kier molecular flexibility index (Phi) is 6.96. The summed E-state index contributed by atoms with van der Waals surface area (Å²) in [6.45, 7) is 5.80. The summed E-state index contributed by atoms with van der Waals surface area (Å²) in [6, 6.07) is 8.42. The first kappa shape index (κ1) is 25.6. The fourth-order valence-electron chi connectivity index (χ4n) is 5.09. The SMILES string of the molecule is CCc1cnc(N2CCN(c3ncc(-c4ccc(-n5cnn(C6CCOC6)c5=O)c(F)c4)cc3C#N)CC2)nc1. The number of piperazine rings is 1. The maximum absolute atomic E-state index is 15.2. The van der Waals surface area contributed by atoms with Gasteiger partial charge in [-0.05, 0) is 42.2 Å². The molecule has 1 aromatic carbocycles. The summed E-state index contributed by atoms with van der Waals surface area (Å²) in [7, 11) is 0. The molecule has 1 unspecified atom stereocenters. The van der Waals surface area contributed by atoms with E-state index in [0.717, 1.165) is 12.0 Å². The number of benzene rings is 1. The van der Waals surface area contributed by atoms with Gasteiger partial charge in [0.15, 0.2) is 0 Å². The van der Waals surface area contributed by atoms with Gasteiger partial charge in [-0.3, -0.25) is 0 Å². The van der Waals surface area contributed by atoms with Crippen LogP contribution >= 0.6 is 0 Å². The molecule has 6 rings (SSSR count). The van der Waals surface area contributed by atoms with Crippen LogP contribution in [-0.2, 0) is 11.2 Å². The lowest BCUT2D eigenvalue weighted by Crippen LogP contribution is -2.47. The van der Waals surface area contributed by atoms with Crippen molar-refractivity contribution in [2.24, 2.45) is 0 Å². The summed E-state index contributed by atoms with van der Waals surface area (Å²) in [5, 5.41) is 14.1. The van der Waals surface area contributed by atoms with Crippen molar-refractivity contribution in [2.75, 3.05) is 49.2 Å². The van der Waals surface area contributed by atoms with E-state index < -0.39 is 11.5 Å². The molecule has 5 heterocycles. The van der Waals surface area contributed by atoms with Gasteiger partial charge in [-0.25, -0.2) is 33.4 Å². The minimum atomic E-state index is -0.574. The topological polar surface area (TPSA) is 118 Å². The number of nitrogens with zero attached hydrogens (tertiary/aromatic N) is 9. The van der Waals surface area contributed by atoms with Crippen LogP contribution in [0.5, 0.6) is 0 Å². The summed E-state index contributed by atoms with van der Waals surface area (Å²) in [5.74, 6) is 0.725. The molecular formula is C28H28FN9O2. The molecule has 2 aliphatic rings. The summed E-state index contributed by atoms with van der Waals surface area (Å²) in [5.41, 5.74) is 2.37. The molecule has 0 bridgehead atoms. The Morgan fingerprint density at radius 1 is 1.05 bits per heavy atom. The zero-order chi connectivity index (χ0) is 27.6. The number of halogens is 1. The van der Waals surface area contributed by atoms with Crippen LogP contribution in [-0.4, -0.2) is 68.7 Å². The normalized spacial score (nSPS) is 17.3. The smallest absolute Gasteiger partial charge is 0.350 e. The first-order valence-electron chi connectivity index (χ1n) is 13.3. The number of rotatable bonds is 6. The third kappa shape index (κ3) is 4.80. The molecule has 204 valence electrons. The second-order valence-corrected chi connectivity index (χ2v) is 9.84. The van der Waals surface area contributed by atoms with Gasteiger partial charge in [0.05, 0.1) is 23.9 Å². The van der Waals surface area contributed by atoms with Crippen LogP contribution in [0.1, 0.15) is 30.5 Å². The minimum Gasteiger partial charge on any atom is -0.379 e. The average Bonchev–Trinajstić information content (AvgIpc) is 3.67. The van der Waals surface area contributed by atoms with Gasteiger partial charge in [0.25, 0.3) is 0 Å². The van der Waals surface area contributed by atoms with Crippen molar-refractivity contribution in [3.05, 3.63) is 76.6 Å². The number of nitriles is 1. The highest BCUT2D eigenvalue weighted by Gasteiger charge is 2.24. The molecule has 4 aromatic rings. The van der Waals surface area contributed by atoms with Crippen LogP contribution in [0.2, 0.25) is 0 Å². The minimum absolute atomic E-state index is 0.107. The summed E-state index contributed by atoms with van der Waals surface area (Å²) in [6.07, 6.45) is 8.28. The molecule has 40 heavy (non-hydrogen) atoms. The highest BCUT2D eigenvalue weighted by Crippen LogP contribution is 2.28. The fraction of sp³-hybridized carbons (Fsp3) is 0.357. The van der Waals surface area contributed by atoms with Gasteiger partial charge in [0.1, 0.15) is 24.0 Å². The maximum Gasteiger partial charge on any atom is 0.350 e. The number of aromatic nitrogens is 6. The number of pyridine rings is 1. The van der Waals surface area contributed by atoms with Crippen LogP contribution in [0.25, 0.3) is 16.8 Å². The molecule has 0 N–H and O–H groups in total. The van der Waals surface area contributed by atoms with Gasteiger partial charge in [0.2, 0.25) is 5.95 Å². The molecule has 1 atom stereocenters. The summed E-state index contributed by atoms with van der Waals surface area (Å²) in [4.78, 5) is 30.6. The Labute approximate surface area is 230 Å². The van der Waals surface area contributed by atoms with Gasteiger partial charge in [-0.15, -0.1) is 0 Å². The quantitative estimate of drug-likeness (QED) is 0.363. The van der Waals surface area contributed by atoms with Crippen molar-refractivity contribution in [2.45, 2.75) is 25.8 Å². The van der Waals surface area contributed by atoms with Crippen molar-refractivity contribution in [3.8, 4) is 22.9 Å². The first-order chi connectivity index (χ1) is 19.6. The van der Waals surface area contributed by atoms with E-state index in [0.29, 0.717) is 74.3 Å². The molecule has 11 nitrogen and oxygen atoms in total. The Hall–Kier alpha value is -4.63. The predicted molar refractivity (Wildman–Crippen MR) is 146 cm³/mol. The van der Waals surface area contributed by atoms with E-state index in [1.165, 1.54) is 27.7 Å². The largest absolute Gasteiger partial charge is 0.379 e. The number of anilines is 2. The van der Waals surface area contributed by atoms with E-state index in [1.54, 1.807) is 18.3 Å². The molecule has 0 spiro atoms. The van der Waals surface area contributed by atoms with Gasteiger partial charge in [0, 0.05) is 56.9 Å². The second-order valence-electron chi connectivity index (χ2n) is 9.84. The fourth-order valence-corrected chi connectivity index (χ4v) is 5.09. The van der Waals surface area contributed by atoms with Gasteiger partial charge in [-0.1, -0.05) is 13.0 Å². The van der Waals surface area contributed by atoms with Gasteiger partial charge >= 0.3 is 5.69 Å². The van der Waals surface area contributed by atoms with Crippen LogP contribution in [0.4, 0.5) is 16.2 Å². The second kappa shape index (κ2) is 10.9. The Bertz CT molecular complexity index is 1610. The van der Waals surface area contributed by atoms with Crippen LogP contribution in [0.15, 0.2) is 54.0 Å². The molecule has 12 heteroatoms. The zero-order valence-electron chi connectivity index (χ0n) is 22.1. The highest BCUT2D eigenvalue weighted by atomic mass is 19.1. The third-order valence-corrected chi connectivity index (χ3v) is 7.43. The lowest BCUT2D eigenvalue weighted by molar-refractivity contribution is 0.183. The number of aryl methyl sites for hydroxylation is 1. The van der Waals surface area contributed by atoms with Crippen LogP contribution < -0.4 is 15.5 Å². The number of hydrogen-bond acceptors (Lipinski definition) is 9. The third-order valence-electron chi connectivity index (χ3n) is 7.43. The summed E-state index contributed by atoms with van der Waals surface area (Å²) >= 11 is 0. The molecule has 0 amide bonds. The Morgan fingerprint density at radius 3 is 2.50 bits per heavy atom. The van der Waals surface area contributed by atoms with Gasteiger partial charge in [-0.2, -0.15) is 10.4 Å². The maximum atomic E-state index is 15.2. The Morgan fingerprint density at radius 2 is 1.82 bits per heavy atom. The molecule has 0 radical (unpaired) electrons. The standard InChI is InChI=1S/C28H28FN9O2/c1-2-19-14-32-27(33-15-19)36-8-6-35(7-9-36)26-21(13-30)11-22(16-31-26)20-3-4-25(24(29)12-20)37-18-34-38(28(37)39)23-5-10-40-17-23/h3-4,11-12,14-16,18,23H,2,5-10,17H2,1H3. The van der Waals surface area contributed by atoms with E-state index in [-0.39, 0.29) is 11.7 Å². The number of hydrogen-bond donors (Lipinski definition) is 0. The summed E-state index contributed by atoms with van der Waals surface area (Å²) < 4.78 is 23.1. The molecule has 2 fully saturated rings.